The standard InChI is InChI=1S/C31H27ClFNO4S/c1-3-37-29(35)31(16-17-31)22-12-8-21(9-13-22)24-6-4-5-7-25(24)28-26(18-27(32)39-28)34-30(36)38-19(2)20-10-14-23(33)15-11-20/h4-15,18-19H,3,16-17H2,1-2H3,(H,34,36). The molecule has 1 unspecified atom stereocenters. The summed E-state index contributed by atoms with van der Waals surface area (Å²) in [6, 6.07) is 23.4. The summed E-state index contributed by atoms with van der Waals surface area (Å²) in [6.07, 6.45) is 0.372. The van der Waals surface area contributed by atoms with Crippen molar-refractivity contribution in [1.29, 1.82) is 0 Å². The van der Waals surface area contributed by atoms with E-state index in [4.69, 9.17) is 21.1 Å². The lowest BCUT2D eigenvalue weighted by Crippen LogP contribution is -2.23. The van der Waals surface area contributed by atoms with Crippen LogP contribution in [0.2, 0.25) is 4.34 Å². The molecule has 0 saturated heterocycles. The van der Waals surface area contributed by atoms with Gasteiger partial charge in [0.1, 0.15) is 11.9 Å². The molecular weight excluding hydrogens is 537 g/mol. The van der Waals surface area contributed by atoms with E-state index in [1.54, 1.807) is 25.1 Å². The van der Waals surface area contributed by atoms with E-state index in [9.17, 15) is 14.0 Å². The summed E-state index contributed by atoms with van der Waals surface area (Å²) in [5, 5.41) is 2.82. The lowest BCUT2D eigenvalue weighted by molar-refractivity contribution is -0.146. The van der Waals surface area contributed by atoms with E-state index in [1.165, 1.54) is 23.5 Å². The number of rotatable bonds is 8. The quantitative estimate of drug-likeness (QED) is 0.218. The maximum absolute atomic E-state index is 13.2. The number of hydrogen-bond acceptors (Lipinski definition) is 5. The Morgan fingerprint density at radius 3 is 2.33 bits per heavy atom. The fraction of sp³-hybridized carbons (Fsp3) is 0.226. The molecule has 1 aliphatic rings. The fourth-order valence-electron chi connectivity index (χ4n) is 4.66. The number of amides is 1. The van der Waals surface area contributed by atoms with Crippen LogP contribution in [0.25, 0.3) is 21.6 Å². The molecule has 0 bridgehead atoms. The van der Waals surface area contributed by atoms with Crippen molar-refractivity contribution in [3.63, 3.8) is 0 Å². The van der Waals surface area contributed by atoms with Crippen LogP contribution in [0.4, 0.5) is 14.9 Å². The van der Waals surface area contributed by atoms with Gasteiger partial charge in [0, 0.05) is 5.56 Å². The minimum atomic E-state index is -0.641. The third-order valence-corrected chi connectivity index (χ3v) is 8.20. The Kier molecular flexibility index (Phi) is 7.73. The molecule has 39 heavy (non-hydrogen) atoms. The third kappa shape index (κ3) is 5.70. The van der Waals surface area contributed by atoms with Crippen LogP contribution in [0.15, 0.2) is 78.9 Å². The molecule has 1 saturated carbocycles. The summed E-state index contributed by atoms with van der Waals surface area (Å²) in [5.74, 6) is -0.518. The molecule has 1 heterocycles. The van der Waals surface area contributed by atoms with Crippen LogP contribution in [0.5, 0.6) is 0 Å². The second-order valence-electron chi connectivity index (χ2n) is 9.44. The van der Waals surface area contributed by atoms with Gasteiger partial charge in [0.05, 0.1) is 26.9 Å². The topological polar surface area (TPSA) is 64.6 Å². The van der Waals surface area contributed by atoms with Gasteiger partial charge in [0.25, 0.3) is 0 Å². The zero-order chi connectivity index (χ0) is 27.6. The van der Waals surface area contributed by atoms with Gasteiger partial charge in [-0.15, -0.1) is 11.3 Å². The first-order chi connectivity index (χ1) is 18.8. The lowest BCUT2D eigenvalue weighted by atomic mass is 9.92. The van der Waals surface area contributed by atoms with Crippen LogP contribution < -0.4 is 5.32 Å². The second-order valence-corrected chi connectivity index (χ2v) is 11.1. The molecule has 1 aliphatic carbocycles. The van der Waals surface area contributed by atoms with Crippen LogP contribution in [-0.4, -0.2) is 18.7 Å². The van der Waals surface area contributed by atoms with Crippen molar-refractivity contribution in [3.05, 3.63) is 100 Å². The fourth-order valence-corrected chi connectivity index (χ4v) is 5.88. The maximum atomic E-state index is 13.2. The van der Waals surface area contributed by atoms with Gasteiger partial charge in [-0.05, 0) is 67.1 Å². The SMILES string of the molecule is CCOC(=O)C1(c2ccc(-c3ccccc3-c3sc(Cl)cc3NC(=O)OC(C)c3ccc(F)cc3)cc2)CC1. The molecule has 3 aromatic carbocycles. The highest BCUT2D eigenvalue weighted by atomic mass is 35.5. The molecule has 0 spiro atoms. The molecule has 0 radical (unpaired) electrons. The smallest absolute Gasteiger partial charge is 0.412 e. The zero-order valence-electron chi connectivity index (χ0n) is 21.5. The lowest BCUT2D eigenvalue weighted by Gasteiger charge is -2.16. The molecule has 1 atom stereocenters. The number of ether oxygens (including phenoxy) is 2. The predicted molar refractivity (Wildman–Crippen MR) is 153 cm³/mol. The van der Waals surface area contributed by atoms with E-state index < -0.39 is 17.6 Å². The van der Waals surface area contributed by atoms with Gasteiger partial charge in [-0.1, -0.05) is 72.3 Å². The van der Waals surface area contributed by atoms with Crippen LogP contribution in [0.3, 0.4) is 0 Å². The minimum Gasteiger partial charge on any atom is -0.465 e. The summed E-state index contributed by atoms with van der Waals surface area (Å²) in [5.41, 5.74) is 4.47. The van der Waals surface area contributed by atoms with Crippen molar-refractivity contribution in [2.45, 2.75) is 38.2 Å². The number of esters is 1. The van der Waals surface area contributed by atoms with E-state index in [0.29, 0.717) is 22.2 Å². The highest BCUT2D eigenvalue weighted by molar-refractivity contribution is 7.20. The van der Waals surface area contributed by atoms with Crippen molar-refractivity contribution < 1.29 is 23.5 Å². The maximum Gasteiger partial charge on any atom is 0.412 e. The van der Waals surface area contributed by atoms with Crippen molar-refractivity contribution in [2.24, 2.45) is 0 Å². The van der Waals surface area contributed by atoms with Crippen molar-refractivity contribution in [2.75, 3.05) is 11.9 Å². The molecule has 200 valence electrons. The van der Waals surface area contributed by atoms with Gasteiger partial charge in [0.15, 0.2) is 0 Å². The Labute approximate surface area is 235 Å². The number of anilines is 1. The molecule has 4 aromatic rings. The number of carbonyl (C=O) groups excluding carboxylic acids is 2. The van der Waals surface area contributed by atoms with E-state index in [1.807, 2.05) is 55.5 Å². The Bertz CT molecular complexity index is 1500. The van der Waals surface area contributed by atoms with Gasteiger partial charge in [-0.3, -0.25) is 10.1 Å². The van der Waals surface area contributed by atoms with Gasteiger partial charge < -0.3 is 9.47 Å². The van der Waals surface area contributed by atoms with Gasteiger partial charge in [0.2, 0.25) is 0 Å². The van der Waals surface area contributed by atoms with Crippen LogP contribution in [0.1, 0.15) is 43.9 Å². The first-order valence-corrected chi connectivity index (χ1v) is 13.9. The molecule has 1 aromatic heterocycles. The van der Waals surface area contributed by atoms with Crippen molar-refractivity contribution in [1.82, 2.24) is 0 Å². The van der Waals surface area contributed by atoms with Gasteiger partial charge in [-0.2, -0.15) is 0 Å². The Morgan fingerprint density at radius 1 is 1.03 bits per heavy atom. The Balaban J connectivity index is 1.38. The van der Waals surface area contributed by atoms with Crippen LogP contribution in [-0.2, 0) is 19.7 Å². The number of benzene rings is 3. The normalized spacial score (nSPS) is 14.4. The molecule has 5 rings (SSSR count). The molecule has 5 nitrogen and oxygen atoms in total. The van der Waals surface area contributed by atoms with Gasteiger partial charge >= 0.3 is 12.1 Å². The second kappa shape index (κ2) is 11.2. The highest BCUT2D eigenvalue weighted by Gasteiger charge is 2.52. The van der Waals surface area contributed by atoms with E-state index in [0.717, 1.165) is 40.0 Å². The largest absolute Gasteiger partial charge is 0.465 e. The third-order valence-electron chi connectivity index (χ3n) is 6.90. The van der Waals surface area contributed by atoms with Crippen LogP contribution >= 0.6 is 22.9 Å². The summed E-state index contributed by atoms with van der Waals surface area (Å²) >= 11 is 7.75. The average Bonchev–Trinajstić information content (AvgIpc) is 3.67. The monoisotopic (exact) mass is 563 g/mol. The zero-order valence-corrected chi connectivity index (χ0v) is 23.1. The first kappa shape index (κ1) is 26.9. The van der Waals surface area contributed by atoms with Gasteiger partial charge in [-0.25, -0.2) is 9.18 Å². The van der Waals surface area contributed by atoms with Crippen molar-refractivity contribution in [3.8, 4) is 21.6 Å². The number of halogens is 2. The molecule has 0 aliphatic heterocycles. The summed E-state index contributed by atoms with van der Waals surface area (Å²) in [4.78, 5) is 26.1. The predicted octanol–water partition coefficient (Wildman–Crippen LogP) is 8.78. The van der Waals surface area contributed by atoms with E-state index in [2.05, 4.69) is 5.32 Å². The van der Waals surface area contributed by atoms with Crippen molar-refractivity contribution >= 4 is 40.7 Å². The highest BCUT2D eigenvalue weighted by Crippen LogP contribution is 2.50. The Hall–Kier alpha value is -3.68. The number of carbonyl (C=O) groups is 2. The van der Waals surface area contributed by atoms with Crippen LogP contribution in [0, 0.1) is 5.82 Å². The average molecular weight is 564 g/mol. The Morgan fingerprint density at radius 2 is 1.69 bits per heavy atom. The van der Waals surface area contributed by atoms with E-state index in [-0.39, 0.29) is 11.8 Å². The summed E-state index contributed by atoms with van der Waals surface area (Å²) < 4.78 is 24.6. The molecular formula is C31H27ClFNO4S. The summed E-state index contributed by atoms with van der Waals surface area (Å²) in [6.45, 7) is 3.91. The number of thiophene rings is 1. The van der Waals surface area contributed by atoms with E-state index >= 15 is 0 Å². The minimum absolute atomic E-state index is 0.164. The molecule has 1 amide bonds. The number of hydrogen-bond donors (Lipinski definition) is 1. The number of nitrogens with one attached hydrogen (secondary N) is 1. The first-order valence-electron chi connectivity index (χ1n) is 12.7. The molecule has 8 heteroatoms. The molecule has 1 fully saturated rings. The molecule has 1 N–H and O–H groups in total. The summed E-state index contributed by atoms with van der Waals surface area (Å²) in [7, 11) is 0.